The van der Waals surface area contributed by atoms with Gasteiger partial charge in [-0.3, -0.25) is 4.79 Å². The number of carbonyl (C=O) groups is 1. The van der Waals surface area contributed by atoms with Crippen molar-refractivity contribution in [2.45, 2.75) is 25.1 Å². The Labute approximate surface area is 97.9 Å². The van der Waals surface area contributed by atoms with E-state index in [-0.39, 0.29) is 38.4 Å². The minimum atomic E-state index is -4.29. The predicted molar refractivity (Wildman–Crippen MR) is 55.2 cm³/mol. The topological polar surface area (TPSA) is 55.6 Å². The van der Waals surface area contributed by atoms with Gasteiger partial charge in [0.05, 0.1) is 5.92 Å². The standard InChI is InChI=1S/C10H17F3N2O2/c1-17-6-9(16)15-4-2-7(10(11,12)13)8(14)3-5-15/h7-8H,2-6,14H2,1H3. The molecule has 17 heavy (non-hydrogen) atoms. The summed E-state index contributed by atoms with van der Waals surface area (Å²) in [6.07, 6.45) is -4.26. The highest BCUT2D eigenvalue weighted by molar-refractivity contribution is 5.77. The van der Waals surface area contributed by atoms with Crippen LogP contribution in [-0.2, 0) is 9.53 Å². The van der Waals surface area contributed by atoms with Crippen LogP contribution in [0.2, 0.25) is 0 Å². The molecule has 0 bridgehead atoms. The van der Waals surface area contributed by atoms with Crippen LogP contribution in [0.4, 0.5) is 13.2 Å². The van der Waals surface area contributed by atoms with Gasteiger partial charge in [-0.15, -0.1) is 0 Å². The van der Waals surface area contributed by atoms with E-state index in [1.54, 1.807) is 0 Å². The van der Waals surface area contributed by atoms with Gasteiger partial charge in [0.15, 0.2) is 0 Å². The first-order valence-corrected chi connectivity index (χ1v) is 5.45. The zero-order valence-electron chi connectivity index (χ0n) is 9.67. The minimum absolute atomic E-state index is 0.0834. The first-order valence-electron chi connectivity index (χ1n) is 5.45. The van der Waals surface area contributed by atoms with Crippen LogP contribution in [-0.4, -0.2) is 49.8 Å². The van der Waals surface area contributed by atoms with Gasteiger partial charge in [-0.05, 0) is 12.8 Å². The lowest BCUT2D eigenvalue weighted by molar-refractivity contribution is -0.181. The predicted octanol–water partition coefficient (Wildman–Crippen LogP) is 0.761. The van der Waals surface area contributed by atoms with E-state index in [0.717, 1.165) is 0 Å². The number of hydrogen-bond donors (Lipinski definition) is 1. The van der Waals surface area contributed by atoms with Crippen LogP contribution in [0.15, 0.2) is 0 Å². The van der Waals surface area contributed by atoms with E-state index in [1.165, 1.54) is 12.0 Å². The average molecular weight is 254 g/mol. The third-order valence-corrected chi connectivity index (χ3v) is 3.00. The molecule has 0 spiro atoms. The summed E-state index contributed by atoms with van der Waals surface area (Å²) in [6, 6.07) is -0.935. The molecule has 2 atom stereocenters. The van der Waals surface area contributed by atoms with Crippen LogP contribution in [0.3, 0.4) is 0 Å². The highest BCUT2D eigenvalue weighted by Crippen LogP contribution is 2.33. The van der Waals surface area contributed by atoms with Crippen molar-refractivity contribution in [1.82, 2.24) is 4.90 Å². The molecule has 2 unspecified atom stereocenters. The third kappa shape index (κ3) is 3.85. The number of halogens is 3. The number of hydrogen-bond acceptors (Lipinski definition) is 3. The zero-order valence-corrected chi connectivity index (χ0v) is 9.67. The fraction of sp³-hybridized carbons (Fsp3) is 0.900. The lowest BCUT2D eigenvalue weighted by Crippen LogP contribution is -2.39. The van der Waals surface area contributed by atoms with E-state index in [0.29, 0.717) is 0 Å². The number of alkyl halides is 3. The Morgan fingerprint density at radius 1 is 1.41 bits per heavy atom. The third-order valence-electron chi connectivity index (χ3n) is 3.00. The number of likely N-dealkylation sites (tertiary alicyclic amines) is 1. The summed E-state index contributed by atoms with van der Waals surface area (Å²) in [4.78, 5) is 12.9. The van der Waals surface area contributed by atoms with Crippen LogP contribution in [0.25, 0.3) is 0 Å². The number of ether oxygens (including phenoxy) is 1. The number of nitrogens with zero attached hydrogens (tertiary/aromatic N) is 1. The number of nitrogens with two attached hydrogens (primary N) is 1. The van der Waals surface area contributed by atoms with Crippen LogP contribution in [0.5, 0.6) is 0 Å². The van der Waals surface area contributed by atoms with Gasteiger partial charge < -0.3 is 15.4 Å². The molecule has 0 aliphatic carbocycles. The van der Waals surface area contributed by atoms with Crippen molar-refractivity contribution in [3.05, 3.63) is 0 Å². The van der Waals surface area contributed by atoms with Crippen molar-refractivity contribution in [3.63, 3.8) is 0 Å². The van der Waals surface area contributed by atoms with Crippen LogP contribution in [0.1, 0.15) is 12.8 Å². The Bertz CT molecular complexity index is 271. The van der Waals surface area contributed by atoms with Crippen molar-refractivity contribution in [2.24, 2.45) is 11.7 Å². The first kappa shape index (κ1) is 14.2. The van der Waals surface area contributed by atoms with E-state index in [2.05, 4.69) is 4.74 Å². The largest absolute Gasteiger partial charge is 0.393 e. The molecule has 1 amide bonds. The van der Waals surface area contributed by atoms with Crippen LogP contribution in [0, 0.1) is 5.92 Å². The molecule has 1 saturated heterocycles. The number of methoxy groups -OCH3 is 1. The van der Waals surface area contributed by atoms with Gasteiger partial charge in [0.25, 0.3) is 0 Å². The Kier molecular flexibility index (Phi) is 4.76. The second kappa shape index (κ2) is 5.68. The maximum atomic E-state index is 12.6. The van der Waals surface area contributed by atoms with Crippen LogP contribution < -0.4 is 5.73 Å². The Balaban J connectivity index is 2.62. The van der Waals surface area contributed by atoms with Crippen LogP contribution >= 0.6 is 0 Å². The Morgan fingerprint density at radius 3 is 2.53 bits per heavy atom. The smallest absolute Gasteiger partial charge is 0.375 e. The van der Waals surface area contributed by atoms with E-state index < -0.39 is 18.1 Å². The van der Waals surface area contributed by atoms with E-state index in [9.17, 15) is 18.0 Å². The summed E-state index contributed by atoms with van der Waals surface area (Å²) in [6.45, 7) is 0.238. The quantitative estimate of drug-likeness (QED) is 0.791. The maximum Gasteiger partial charge on any atom is 0.393 e. The first-order chi connectivity index (χ1) is 7.86. The maximum absolute atomic E-state index is 12.6. The van der Waals surface area contributed by atoms with Crippen molar-refractivity contribution in [3.8, 4) is 0 Å². The van der Waals surface area contributed by atoms with Gasteiger partial charge in [0.1, 0.15) is 6.61 Å². The monoisotopic (exact) mass is 254 g/mol. The Morgan fingerprint density at radius 2 is 2.00 bits per heavy atom. The summed E-state index contributed by atoms with van der Waals surface area (Å²) >= 11 is 0. The zero-order chi connectivity index (χ0) is 13.1. The van der Waals surface area contributed by atoms with Crippen molar-refractivity contribution in [2.75, 3.05) is 26.8 Å². The second-order valence-corrected chi connectivity index (χ2v) is 4.20. The molecule has 0 aromatic heterocycles. The van der Waals surface area contributed by atoms with Gasteiger partial charge in [-0.25, -0.2) is 0 Å². The lowest BCUT2D eigenvalue weighted by Gasteiger charge is -2.23. The fourth-order valence-corrected chi connectivity index (χ4v) is 2.00. The molecule has 7 heteroatoms. The molecular weight excluding hydrogens is 237 g/mol. The van der Waals surface area contributed by atoms with Crippen molar-refractivity contribution >= 4 is 5.91 Å². The average Bonchev–Trinajstić information content (AvgIpc) is 2.39. The van der Waals surface area contributed by atoms with E-state index >= 15 is 0 Å². The molecular formula is C10H17F3N2O2. The molecule has 0 radical (unpaired) electrons. The van der Waals surface area contributed by atoms with Crippen molar-refractivity contribution in [1.29, 1.82) is 0 Å². The summed E-state index contributed by atoms with van der Waals surface area (Å²) in [5.74, 6) is -1.81. The molecule has 0 aromatic rings. The summed E-state index contributed by atoms with van der Waals surface area (Å²) in [5, 5.41) is 0. The molecule has 1 aliphatic heterocycles. The highest BCUT2D eigenvalue weighted by atomic mass is 19.4. The fourth-order valence-electron chi connectivity index (χ4n) is 2.00. The van der Waals surface area contributed by atoms with Crippen molar-refractivity contribution < 1.29 is 22.7 Å². The highest BCUT2D eigenvalue weighted by Gasteiger charge is 2.44. The number of carbonyl (C=O) groups excluding carboxylic acids is 1. The second-order valence-electron chi connectivity index (χ2n) is 4.20. The molecule has 2 N–H and O–H groups in total. The van der Waals surface area contributed by atoms with E-state index in [4.69, 9.17) is 5.73 Å². The SMILES string of the molecule is COCC(=O)N1CCC(N)C(C(F)(F)F)CC1. The molecule has 1 rings (SSSR count). The molecule has 1 aliphatic rings. The molecule has 4 nitrogen and oxygen atoms in total. The lowest BCUT2D eigenvalue weighted by atomic mass is 9.95. The summed E-state index contributed by atoms with van der Waals surface area (Å²) in [5.41, 5.74) is 5.51. The van der Waals surface area contributed by atoms with Gasteiger partial charge in [-0.2, -0.15) is 13.2 Å². The van der Waals surface area contributed by atoms with Gasteiger partial charge >= 0.3 is 6.18 Å². The number of amides is 1. The Hall–Kier alpha value is -0.820. The van der Waals surface area contributed by atoms with Gasteiger partial charge in [-0.1, -0.05) is 0 Å². The minimum Gasteiger partial charge on any atom is -0.375 e. The summed E-state index contributed by atoms with van der Waals surface area (Å²) < 4.78 is 42.6. The van der Waals surface area contributed by atoms with Gasteiger partial charge in [0.2, 0.25) is 5.91 Å². The number of rotatable bonds is 2. The molecule has 0 saturated carbocycles. The normalized spacial score (nSPS) is 26.8. The molecule has 1 heterocycles. The van der Waals surface area contributed by atoms with E-state index in [1.807, 2.05) is 0 Å². The van der Waals surface area contributed by atoms with Gasteiger partial charge in [0, 0.05) is 26.2 Å². The molecule has 100 valence electrons. The molecule has 1 fully saturated rings. The summed E-state index contributed by atoms with van der Waals surface area (Å²) in [7, 11) is 1.37. The molecule has 0 aromatic carbocycles.